The number of halogens is 1. The first-order valence-electron chi connectivity index (χ1n) is 8.67. The van der Waals surface area contributed by atoms with Crippen molar-refractivity contribution >= 4 is 27.7 Å². The molecule has 0 aliphatic heterocycles. The average molecular weight is 451 g/mol. The van der Waals surface area contributed by atoms with Crippen molar-refractivity contribution in [3.05, 3.63) is 108 Å². The van der Waals surface area contributed by atoms with E-state index in [-0.39, 0.29) is 42.5 Å². The van der Waals surface area contributed by atoms with E-state index in [1.54, 1.807) is 0 Å². The van der Waals surface area contributed by atoms with Gasteiger partial charge < -0.3 is 0 Å². The van der Waals surface area contributed by atoms with Crippen LogP contribution < -0.4 is 0 Å². The predicted molar refractivity (Wildman–Crippen MR) is 115 cm³/mol. The van der Waals surface area contributed by atoms with E-state index in [4.69, 9.17) is 0 Å². The normalized spacial score (nSPS) is 12.2. The summed E-state index contributed by atoms with van der Waals surface area (Å²) in [7, 11) is 0. The second kappa shape index (κ2) is 10.9. The van der Waals surface area contributed by atoms with Gasteiger partial charge in [-0.15, -0.1) is 11.8 Å². The fourth-order valence-corrected chi connectivity index (χ4v) is 5.88. The minimum Gasteiger partial charge on any atom is -0.137 e. The second-order valence-electron chi connectivity index (χ2n) is 6.19. The molecule has 0 fully saturated rings. The zero-order valence-electron chi connectivity index (χ0n) is 14.8. The van der Waals surface area contributed by atoms with E-state index in [1.807, 2.05) is 11.8 Å². The van der Waals surface area contributed by atoms with Gasteiger partial charge in [0.05, 0.1) is 4.75 Å². The fraction of sp³-hybridized carbons (Fsp3) is 0.217. The van der Waals surface area contributed by atoms with Gasteiger partial charge in [-0.25, -0.2) is 0 Å². The summed E-state index contributed by atoms with van der Waals surface area (Å²) >= 11 is 5.66. The average Bonchev–Trinajstić information content (AvgIpc) is 2.68. The number of hydrogen-bond acceptors (Lipinski definition) is 1. The molecule has 0 amide bonds. The van der Waals surface area contributed by atoms with Gasteiger partial charge in [-0.2, -0.15) is 0 Å². The molecule has 0 spiro atoms. The summed E-state index contributed by atoms with van der Waals surface area (Å²) < 4.78 is -0.203. The largest absolute Gasteiger partial charge is 0.137 e. The van der Waals surface area contributed by atoms with Crippen LogP contribution in [-0.2, 0) is 4.75 Å². The molecule has 0 radical (unpaired) electrons. The standard InChI is InChI=1S/C23H23BrS.Ar/c1-19(17-18-24)25-23(20-11-5-2-6-12-20,21-13-7-3-8-14-21)22-15-9-4-10-16-22;/h2-16,19H,17-18H2,1H3;. The summed E-state index contributed by atoms with van der Waals surface area (Å²) in [6.07, 6.45) is 1.14. The summed E-state index contributed by atoms with van der Waals surface area (Å²) in [5, 5.41) is 1.55. The van der Waals surface area contributed by atoms with Crippen LogP contribution >= 0.6 is 27.7 Å². The third-order valence-electron chi connectivity index (χ3n) is 4.43. The van der Waals surface area contributed by atoms with Crippen LogP contribution in [0.25, 0.3) is 0 Å². The minimum absolute atomic E-state index is 0. The van der Waals surface area contributed by atoms with Gasteiger partial charge in [-0.3, -0.25) is 0 Å². The zero-order chi connectivity index (χ0) is 17.5. The molecule has 0 aliphatic carbocycles. The monoisotopic (exact) mass is 450 g/mol. The first-order chi connectivity index (χ1) is 12.3. The molecule has 0 aliphatic rings. The maximum absolute atomic E-state index is 3.61. The van der Waals surface area contributed by atoms with E-state index < -0.39 is 0 Å². The van der Waals surface area contributed by atoms with Gasteiger partial charge in [-0.1, -0.05) is 114 Å². The fourth-order valence-electron chi connectivity index (χ4n) is 3.24. The van der Waals surface area contributed by atoms with E-state index in [2.05, 4.69) is 114 Å². The van der Waals surface area contributed by atoms with Crippen molar-refractivity contribution in [1.29, 1.82) is 0 Å². The van der Waals surface area contributed by atoms with Crippen LogP contribution in [0.5, 0.6) is 0 Å². The van der Waals surface area contributed by atoms with E-state index in [0.717, 1.165) is 11.8 Å². The zero-order valence-corrected chi connectivity index (χ0v) is 17.9. The Hall–Kier alpha value is -0.250. The number of alkyl halides is 1. The van der Waals surface area contributed by atoms with E-state index in [0.29, 0.717) is 5.25 Å². The Morgan fingerprint density at radius 1 is 0.731 bits per heavy atom. The first kappa shape index (κ1) is 22.0. The predicted octanol–water partition coefficient (Wildman–Crippen LogP) is 6.89. The Labute approximate surface area is 199 Å². The first-order valence-corrected chi connectivity index (χ1v) is 10.7. The van der Waals surface area contributed by atoms with E-state index in [1.165, 1.54) is 16.7 Å². The molecule has 3 heteroatoms. The van der Waals surface area contributed by atoms with Crippen molar-refractivity contribution in [1.82, 2.24) is 0 Å². The Kier molecular flexibility index (Phi) is 9.26. The molecule has 0 saturated heterocycles. The van der Waals surface area contributed by atoms with Crippen molar-refractivity contribution in [2.45, 2.75) is 23.3 Å². The van der Waals surface area contributed by atoms with Gasteiger partial charge in [0.2, 0.25) is 0 Å². The number of thioether (sulfide) groups is 1. The minimum atomic E-state index is -0.203. The Morgan fingerprint density at radius 2 is 1.08 bits per heavy atom. The Morgan fingerprint density at radius 3 is 1.38 bits per heavy atom. The Bertz CT molecular complexity index is 665. The number of hydrogen-bond donors (Lipinski definition) is 0. The maximum atomic E-state index is 3.61. The summed E-state index contributed by atoms with van der Waals surface area (Å²) in [6.45, 7) is 2.33. The van der Waals surface area contributed by atoms with Crippen LogP contribution in [0.3, 0.4) is 0 Å². The molecule has 0 N–H and O–H groups in total. The molecular weight excluding hydrogens is 428 g/mol. The van der Waals surface area contributed by atoms with Crippen LogP contribution in [0.15, 0.2) is 91.0 Å². The van der Waals surface area contributed by atoms with Crippen molar-refractivity contribution in [3.8, 4) is 0 Å². The van der Waals surface area contributed by atoms with Crippen LogP contribution in [0.4, 0.5) is 0 Å². The molecule has 3 rings (SSSR count). The van der Waals surface area contributed by atoms with Gasteiger partial charge in [-0.05, 0) is 23.1 Å². The summed E-state index contributed by atoms with van der Waals surface area (Å²) in [5.74, 6) is 0. The van der Waals surface area contributed by atoms with Crippen LogP contribution in [0.2, 0.25) is 0 Å². The van der Waals surface area contributed by atoms with Crippen molar-refractivity contribution in [2.75, 3.05) is 5.33 Å². The van der Waals surface area contributed by atoms with E-state index >= 15 is 0 Å². The third-order valence-corrected chi connectivity index (χ3v) is 6.59. The molecule has 3 aromatic rings. The van der Waals surface area contributed by atoms with Gasteiger partial charge in [0.25, 0.3) is 0 Å². The number of rotatable bonds is 7. The molecule has 0 saturated carbocycles. The van der Waals surface area contributed by atoms with E-state index in [9.17, 15) is 0 Å². The Balaban J connectivity index is 0.00000243. The summed E-state index contributed by atoms with van der Waals surface area (Å²) in [5.41, 5.74) is 4.00. The smallest absolute Gasteiger partial charge is 0.0909 e. The third kappa shape index (κ3) is 4.97. The van der Waals surface area contributed by atoms with Gasteiger partial charge in [0.1, 0.15) is 0 Å². The van der Waals surface area contributed by atoms with Gasteiger partial charge in [0, 0.05) is 48.3 Å². The molecular formula is C23H23ArBrS. The van der Waals surface area contributed by atoms with Crippen LogP contribution in [0.1, 0.15) is 30.0 Å². The number of benzene rings is 3. The molecule has 3 aromatic carbocycles. The molecule has 26 heavy (non-hydrogen) atoms. The van der Waals surface area contributed by atoms with Crippen molar-refractivity contribution in [2.24, 2.45) is 0 Å². The molecule has 136 valence electrons. The van der Waals surface area contributed by atoms with Gasteiger partial charge in [0.15, 0.2) is 0 Å². The topological polar surface area (TPSA) is 0 Å². The summed E-state index contributed by atoms with van der Waals surface area (Å²) in [6, 6.07) is 32.7. The molecule has 1 unspecified atom stereocenters. The quantitative estimate of drug-likeness (QED) is 0.279. The molecule has 1 atom stereocenters. The van der Waals surface area contributed by atoms with Crippen molar-refractivity contribution < 1.29 is 37.7 Å². The molecule has 0 heterocycles. The van der Waals surface area contributed by atoms with Gasteiger partial charge >= 0.3 is 0 Å². The molecule has 0 nitrogen and oxygen atoms in total. The van der Waals surface area contributed by atoms with Crippen molar-refractivity contribution in [3.63, 3.8) is 0 Å². The summed E-state index contributed by atoms with van der Waals surface area (Å²) in [4.78, 5) is 0. The second-order valence-corrected chi connectivity index (χ2v) is 8.63. The van der Waals surface area contributed by atoms with Crippen LogP contribution in [0, 0.1) is 37.7 Å². The SMILES string of the molecule is CC(CCBr)SC(c1ccccc1)(c1ccccc1)c1ccccc1.[Ar]. The molecule has 0 aromatic heterocycles. The maximum Gasteiger partial charge on any atom is 0.0909 e. The van der Waals surface area contributed by atoms with Crippen LogP contribution in [-0.4, -0.2) is 10.6 Å². The molecule has 0 bridgehead atoms.